The van der Waals surface area contributed by atoms with Crippen molar-refractivity contribution in [1.82, 2.24) is 0 Å². The summed E-state index contributed by atoms with van der Waals surface area (Å²) in [6.07, 6.45) is 2.32. The number of carboxylic acids is 2. The normalized spacial score (nSPS) is 9.58. The maximum absolute atomic E-state index is 10.5. The molecule has 5 heteroatoms. The zero-order valence-corrected chi connectivity index (χ0v) is 13.9. The van der Waals surface area contributed by atoms with Crippen molar-refractivity contribution in [2.45, 2.75) is 26.7 Å². The molecule has 0 aliphatic rings. The largest absolute Gasteiger partial charge is 0.494 e. The average Bonchev–Trinajstić information content (AvgIpc) is 2.57. The first-order chi connectivity index (χ1) is 11.5. The topological polar surface area (TPSA) is 83.8 Å². The molecule has 0 spiro atoms. The molecule has 0 fully saturated rings. The molecular formula is C19H22O5. The Kier molecular flexibility index (Phi) is 8.05. The number of ether oxygens (including phenoxy) is 1. The minimum atomic E-state index is -1.23. The molecule has 24 heavy (non-hydrogen) atoms. The van der Waals surface area contributed by atoms with E-state index in [0.717, 1.165) is 18.8 Å². The predicted octanol–water partition coefficient (Wildman–Crippen LogP) is 4.26. The Hall–Kier alpha value is -2.82. The van der Waals surface area contributed by atoms with Gasteiger partial charge in [-0.2, -0.15) is 0 Å². The molecule has 2 N–H and O–H groups in total. The van der Waals surface area contributed by atoms with Crippen LogP contribution in [-0.4, -0.2) is 28.8 Å². The Labute approximate surface area is 141 Å². The molecule has 0 saturated carbocycles. The van der Waals surface area contributed by atoms with Crippen LogP contribution in [0.5, 0.6) is 5.75 Å². The number of unbranched alkanes of at least 4 members (excludes halogenated alkanes) is 1. The van der Waals surface area contributed by atoms with Gasteiger partial charge in [0.15, 0.2) is 0 Å². The second-order valence-electron chi connectivity index (χ2n) is 5.17. The zero-order valence-electron chi connectivity index (χ0n) is 13.9. The van der Waals surface area contributed by atoms with Crippen molar-refractivity contribution < 1.29 is 24.5 Å². The molecular weight excluding hydrogens is 308 g/mol. The van der Waals surface area contributed by atoms with Crippen LogP contribution in [-0.2, 0) is 0 Å². The van der Waals surface area contributed by atoms with Crippen molar-refractivity contribution in [2.75, 3.05) is 6.61 Å². The van der Waals surface area contributed by atoms with Gasteiger partial charge in [0.2, 0.25) is 0 Å². The SMILES string of the molecule is CCCCOc1ccc(C)cc1.O=C(O)c1ccccc1C(=O)O. The van der Waals surface area contributed by atoms with Gasteiger partial charge in [-0.25, -0.2) is 9.59 Å². The molecule has 0 atom stereocenters. The number of aryl methyl sites for hydroxylation is 1. The first-order valence-electron chi connectivity index (χ1n) is 7.70. The van der Waals surface area contributed by atoms with Gasteiger partial charge in [-0.05, 0) is 37.6 Å². The number of hydrogen-bond donors (Lipinski definition) is 2. The quantitative estimate of drug-likeness (QED) is 0.773. The van der Waals surface area contributed by atoms with Gasteiger partial charge < -0.3 is 14.9 Å². The lowest BCUT2D eigenvalue weighted by molar-refractivity contribution is 0.0651. The van der Waals surface area contributed by atoms with Crippen molar-refractivity contribution in [3.63, 3.8) is 0 Å². The summed E-state index contributed by atoms with van der Waals surface area (Å²) in [5.41, 5.74) is 0.896. The minimum absolute atomic E-state index is 0.190. The Balaban J connectivity index is 0.000000240. The fraction of sp³-hybridized carbons (Fsp3) is 0.263. The van der Waals surface area contributed by atoms with Crippen molar-refractivity contribution in [1.29, 1.82) is 0 Å². The van der Waals surface area contributed by atoms with Gasteiger partial charge in [0, 0.05) is 0 Å². The minimum Gasteiger partial charge on any atom is -0.494 e. The number of hydrogen-bond acceptors (Lipinski definition) is 3. The van der Waals surface area contributed by atoms with Gasteiger partial charge in [-0.15, -0.1) is 0 Å². The van der Waals surface area contributed by atoms with Crippen LogP contribution in [0.1, 0.15) is 46.0 Å². The maximum Gasteiger partial charge on any atom is 0.336 e. The van der Waals surface area contributed by atoms with Crippen molar-refractivity contribution in [3.8, 4) is 5.75 Å². The molecule has 0 heterocycles. The monoisotopic (exact) mass is 330 g/mol. The van der Waals surface area contributed by atoms with Gasteiger partial charge in [-0.3, -0.25) is 0 Å². The van der Waals surface area contributed by atoms with Crippen molar-refractivity contribution in [3.05, 3.63) is 65.2 Å². The molecule has 5 nitrogen and oxygen atoms in total. The van der Waals surface area contributed by atoms with E-state index in [2.05, 4.69) is 26.0 Å². The summed E-state index contributed by atoms with van der Waals surface area (Å²) in [4.78, 5) is 20.9. The highest BCUT2D eigenvalue weighted by Crippen LogP contribution is 2.11. The molecule has 2 aromatic rings. The molecule has 2 aromatic carbocycles. The third kappa shape index (κ3) is 6.52. The number of benzene rings is 2. The summed E-state index contributed by atoms with van der Waals surface area (Å²) >= 11 is 0. The average molecular weight is 330 g/mol. The highest BCUT2D eigenvalue weighted by molar-refractivity contribution is 6.01. The summed E-state index contributed by atoms with van der Waals surface area (Å²) in [5.74, 6) is -1.48. The molecule has 0 aliphatic heterocycles. The van der Waals surface area contributed by atoms with E-state index >= 15 is 0 Å². The zero-order chi connectivity index (χ0) is 17.9. The third-order valence-electron chi connectivity index (χ3n) is 3.18. The van der Waals surface area contributed by atoms with Gasteiger partial charge in [0.1, 0.15) is 5.75 Å². The fourth-order valence-corrected chi connectivity index (χ4v) is 1.82. The van der Waals surface area contributed by atoms with Gasteiger partial charge in [0.25, 0.3) is 0 Å². The van der Waals surface area contributed by atoms with Crippen molar-refractivity contribution >= 4 is 11.9 Å². The number of aromatic carboxylic acids is 2. The fourth-order valence-electron chi connectivity index (χ4n) is 1.82. The van der Waals surface area contributed by atoms with Gasteiger partial charge in [0.05, 0.1) is 17.7 Å². The summed E-state index contributed by atoms with van der Waals surface area (Å²) < 4.78 is 5.50. The third-order valence-corrected chi connectivity index (χ3v) is 3.18. The molecule has 0 aliphatic carbocycles. The van der Waals surface area contributed by atoms with E-state index in [-0.39, 0.29) is 11.1 Å². The van der Waals surface area contributed by atoms with Crippen LogP contribution in [0.3, 0.4) is 0 Å². The summed E-state index contributed by atoms with van der Waals surface area (Å²) in [7, 11) is 0. The summed E-state index contributed by atoms with van der Waals surface area (Å²) in [6.45, 7) is 5.08. The maximum atomic E-state index is 10.5. The van der Waals surface area contributed by atoms with Gasteiger partial charge in [-0.1, -0.05) is 43.2 Å². The molecule has 0 amide bonds. The lowest BCUT2D eigenvalue weighted by Crippen LogP contribution is -2.06. The molecule has 0 bridgehead atoms. The predicted molar refractivity (Wildman–Crippen MR) is 91.9 cm³/mol. The molecule has 128 valence electrons. The van der Waals surface area contributed by atoms with Crippen LogP contribution >= 0.6 is 0 Å². The molecule has 2 rings (SSSR count). The molecule has 0 unspecified atom stereocenters. The standard InChI is InChI=1S/C11H16O.C8H6O4/c1-3-4-9-12-11-7-5-10(2)6-8-11;9-7(10)5-3-1-2-4-6(5)8(11)12/h5-8H,3-4,9H2,1-2H3;1-4H,(H,9,10)(H,11,12). The van der Waals surface area contributed by atoms with Crippen LogP contribution in [0, 0.1) is 6.92 Å². The van der Waals surface area contributed by atoms with E-state index in [1.807, 2.05) is 12.1 Å². The van der Waals surface area contributed by atoms with Crippen LogP contribution in [0.25, 0.3) is 0 Å². The first-order valence-corrected chi connectivity index (χ1v) is 7.70. The van der Waals surface area contributed by atoms with E-state index < -0.39 is 11.9 Å². The van der Waals surface area contributed by atoms with E-state index in [4.69, 9.17) is 14.9 Å². The molecule has 0 saturated heterocycles. The number of carbonyl (C=O) groups is 2. The summed E-state index contributed by atoms with van der Waals surface area (Å²) in [5, 5.41) is 17.1. The van der Waals surface area contributed by atoms with Crippen LogP contribution in [0.4, 0.5) is 0 Å². The number of rotatable bonds is 6. The van der Waals surface area contributed by atoms with E-state index in [0.29, 0.717) is 0 Å². The van der Waals surface area contributed by atoms with Gasteiger partial charge >= 0.3 is 11.9 Å². The molecule has 0 aromatic heterocycles. The second kappa shape index (κ2) is 10.0. The molecule has 0 radical (unpaired) electrons. The van der Waals surface area contributed by atoms with Crippen LogP contribution in [0.15, 0.2) is 48.5 Å². The lowest BCUT2D eigenvalue weighted by Gasteiger charge is -2.04. The van der Waals surface area contributed by atoms with E-state index in [1.54, 1.807) is 0 Å². The summed E-state index contributed by atoms with van der Waals surface area (Å²) in [6, 6.07) is 13.7. The Morgan fingerprint density at radius 2 is 1.42 bits per heavy atom. The lowest BCUT2D eigenvalue weighted by atomic mass is 10.1. The smallest absolute Gasteiger partial charge is 0.336 e. The van der Waals surface area contributed by atoms with E-state index in [9.17, 15) is 9.59 Å². The Morgan fingerprint density at radius 3 is 1.83 bits per heavy atom. The van der Waals surface area contributed by atoms with Crippen LogP contribution in [0.2, 0.25) is 0 Å². The van der Waals surface area contributed by atoms with E-state index in [1.165, 1.54) is 36.2 Å². The van der Waals surface area contributed by atoms with Crippen LogP contribution < -0.4 is 4.74 Å². The number of carboxylic acid groups (broad SMARTS) is 2. The van der Waals surface area contributed by atoms with Crippen molar-refractivity contribution in [2.24, 2.45) is 0 Å². The highest BCUT2D eigenvalue weighted by Gasteiger charge is 2.13. The highest BCUT2D eigenvalue weighted by atomic mass is 16.5. The second-order valence-corrected chi connectivity index (χ2v) is 5.17. The first kappa shape index (κ1) is 19.2. The Bertz CT molecular complexity index is 629. The Morgan fingerprint density at radius 1 is 0.917 bits per heavy atom.